The van der Waals surface area contributed by atoms with Gasteiger partial charge < -0.3 is 28.8 Å². The van der Waals surface area contributed by atoms with Gasteiger partial charge in [0.15, 0.2) is 23.3 Å². The van der Waals surface area contributed by atoms with Gasteiger partial charge in [-0.2, -0.15) is 0 Å². The van der Waals surface area contributed by atoms with E-state index in [1.54, 1.807) is 18.5 Å². The van der Waals surface area contributed by atoms with Crippen LogP contribution >= 0.6 is 0 Å². The van der Waals surface area contributed by atoms with E-state index in [2.05, 4.69) is 20.3 Å². The largest absolute Gasteiger partial charge is 0.370 e. The first-order valence-electron chi connectivity index (χ1n) is 11.8. The minimum absolute atomic E-state index is 0.224. The number of imidazole rings is 1. The molecular formula is C26H23N5O5. The Kier molecular flexibility index (Phi) is 5.07. The number of ether oxygens (including phenoxy) is 4. The number of carbonyl (C=O) groups is 1. The van der Waals surface area contributed by atoms with Crippen molar-refractivity contribution in [2.45, 2.75) is 30.1 Å². The molecule has 10 heteroatoms. The zero-order chi connectivity index (χ0) is 24.1. The second-order valence-corrected chi connectivity index (χ2v) is 9.20. The van der Waals surface area contributed by atoms with Crippen LogP contribution in [0.15, 0.2) is 73.3 Å². The molecule has 3 aliphatic rings. The van der Waals surface area contributed by atoms with Crippen molar-refractivity contribution >= 4 is 22.9 Å². The predicted molar refractivity (Wildman–Crippen MR) is 127 cm³/mol. The van der Waals surface area contributed by atoms with Crippen molar-refractivity contribution in [3.8, 4) is 0 Å². The Labute approximate surface area is 206 Å². The third-order valence-electron chi connectivity index (χ3n) is 7.06. The first-order chi connectivity index (χ1) is 17.7. The molecule has 0 spiro atoms. The molecule has 182 valence electrons. The Hall–Kier alpha value is -3.70. The molecule has 1 N–H and O–H groups in total. The fraction of sp³-hybridized carbons (Fsp3) is 0.308. The van der Waals surface area contributed by atoms with E-state index in [1.165, 1.54) is 6.33 Å². The van der Waals surface area contributed by atoms with Gasteiger partial charge in [0.25, 0.3) is 5.91 Å². The predicted octanol–water partition coefficient (Wildman–Crippen LogP) is 2.90. The Morgan fingerprint density at radius 3 is 2.58 bits per heavy atom. The van der Waals surface area contributed by atoms with Crippen molar-refractivity contribution in [1.29, 1.82) is 0 Å². The van der Waals surface area contributed by atoms with Crippen molar-refractivity contribution in [2.24, 2.45) is 0 Å². The van der Waals surface area contributed by atoms with Gasteiger partial charge in [0, 0.05) is 11.1 Å². The molecule has 5 heterocycles. The molecule has 0 aliphatic carbocycles. The number of hydrogen-bond acceptors (Lipinski definition) is 8. The fourth-order valence-electron chi connectivity index (χ4n) is 5.22. The maximum atomic E-state index is 12.7. The maximum Gasteiger partial charge on any atom is 0.256 e. The number of anilines is 1. The van der Waals surface area contributed by atoms with Gasteiger partial charge >= 0.3 is 0 Å². The minimum Gasteiger partial charge on any atom is -0.370 e. The van der Waals surface area contributed by atoms with E-state index in [-0.39, 0.29) is 24.2 Å². The number of nitrogens with one attached hydrogen (secondary N) is 1. The number of hydrogen-bond donors (Lipinski definition) is 1. The lowest BCUT2D eigenvalue weighted by molar-refractivity contribution is -0.311. The average Bonchev–Trinajstić information content (AvgIpc) is 3.48. The lowest BCUT2D eigenvalue weighted by atomic mass is 9.89. The third-order valence-corrected chi connectivity index (χ3v) is 7.06. The molecule has 2 bridgehead atoms. The zero-order valence-electron chi connectivity index (χ0n) is 19.2. The van der Waals surface area contributed by atoms with Crippen LogP contribution in [-0.4, -0.2) is 63.1 Å². The van der Waals surface area contributed by atoms with E-state index in [9.17, 15) is 4.79 Å². The molecule has 4 aromatic rings. The van der Waals surface area contributed by atoms with Gasteiger partial charge in [-0.1, -0.05) is 48.5 Å². The van der Waals surface area contributed by atoms with Gasteiger partial charge in [-0.25, -0.2) is 15.0 Å². The minimum atomic E-state index is -0.632. The van der Waals surface area contributed by atoms with Crippen molar-refractivity contribution in [3.05, 3.63) is 84.4 Å². The molecule has 3 unspecified atom stereocenters. The van der Waals surface area contributed by atoms with E-state index in [4.69, 9.17) is 18.9 Å². The normalized spacial score (nSPS) is 29.1. The molecule has 10 nitrogen and oxygen atoms in total. The Morgan fingerprint density at radius 1 is 0.972 bits per heavy atom. The molecule has 36 heavy (non-hydrogen) atoms. The second kappa shape index (κ2) is 8.45. The van der Waals surface area contributed by atoms with E-state index >= 15 is 0 Å². The fourth-order valence-corrected chi connectivity index (χ4v) is 5.22. The summed E-state index contributed by atoms with van der Waals surface area (Å²) in [6.45, 7) is 1.17. The Balaban J connectivity index is 1.18. The molecule has 2 aromatic heterocycles. The van der Waals surface area contributed by atoms with Crippen molar-refractivity contribution < 1.29 is 23.7 Å². The topological polar surface area (TPSA) is 110 Å². The number of rotatable bonds is 4. The van der Waals surface area contributed by atoms with Crippen LogP contribution in [0, 0.1) is 0 Å². The number of amides is 1. The van der Waals surface area contributed by atoms with Crippen LogP contribution in [0.2, 0.25) is 0 Å². The summed E-state index contributed by atoms with van der Waals surface area (Å²) in [6, 6.07) is 18.6. The molecular weight excluding hydrogens is 462 g/mol. The van der Waals surface area contributed by atoms with Gasteiger partial charge in [-0.05, 0) is 12.1 Å². The van der Waals surface area contributed by atoms with Crippen LogP contribution < -0.4 is 5.32 Å². The van der Waals surface area contributed by atoms with Crippen LogP contribution in [0.4, 0.5) is 5.82 Å². The summed E-state index contributed by atoms with van der Waals surface area (Å²) < 4.78 is 27.0. The summed E-state index contributed by atoms with van der Waals surface area (Å²) in [5.74, 6) is 0.0788. The van der Waals surface area contributed by atoms with Crippen LogP contribution in [0.5, 0.6) is 0 Å². The Morgan fingerprint density at radius 2 is 1.75 bits per heavy atom. The van der Waals surface area contributed by atoms with Gasteiger partial charge in [-0.3, -0.25) is 4.79 Å². The average molecular weight is 486 g/mol. The van der Waals surface area contributed by atoms with Gasteiger partial charge in [-0.15, -0.1) is 0 Å². The number of fused-ring (bicyclic) bond motifs is 1. The van der Waals surface area contributed by atoms with Crippen molar-refractivity contribution in [1.82, 2.24) is 19.5 Å². The van der Waals surface area contributed by atoms with Gasteiger partial charge in [0.05, 0.1) is 32.2 Å². The Bertz CT molecular complexity index is 1410. The van der Waals surface area contributed by atoms with Crippen molar-refractivity contribution in [2.75, 3.05) is 25.1 Å². The van der Waals surface area contributed by atoms with Crippen LogP contribution in [-0.2, 0) is 18.9 Å². The van der Waals surface area contributed by atoms with Crippen LogP contribution in [0.1, 0.15) is 28.3 Å². The molecule has 0 saturated carbocycles. The molecule has 1 amide bonds. The highest BCUT2D eigenvalue weighted by atomic mass is 16.7. The molecule has 0 radical (unpaired) electrons. The highest BCUT2D eigenvalue weighted by Gasteiger charge is 2.61. The first-order valence-corrected chi connectivity index (χ1v) is 11.8. The summed E-state index contributed by atoms with van der Waals surface area (Å²) in [5, 5.41) is 2.85. The van der Waals surface area contributed by atoms with Gasteiger partial charge in [0.2, 0.25) is 0 Å². The summed E-state index contributed by atoms with van der Waals surface area (Å²) in [6.07, 6.45) is 2.03. The standard InChI is InChI=1S/C26H23N5O5/c32-24(16-7-3-1-4-8-16)30-22-19-23(28-14-27-22)31(15-29-19)18-11-35-26-12-33-20(18)21(26)36-25(34-13-26)17-9-5-2-6-10-17/h1-10,14-15,18,20-21,25H,11-13H2,(H,27,28,30,32)/t18-,20?,21?,25+,26?/m0/s1. The maximum absolute atomic E-state index is 12.7. The molecule has 7 rings (SSSR count). The molecule has 3 saturated heterocycles. The lowest BCUT2D eigenvalue weighted by Gasteiger charge is -2.46. The van der Waals surface area contributed by atoms with Crippen LogP contribution in [0.25, 0.3) is 11.2 Å². The number of nitrogens with zero attached hydrogens (tertiary/aromatic N) is 4. The highest BCUT2D eigenvalue weighted by molar-refractivity contribution is 6.06. The van der Waals surface area contributed by atoms with E-state index < -0.39 is 11.9 Å². The van der Waals surface area contributed by atoms with E-state index in [0.717, 1.165) is 5.56 Å². The smallest absolute Gasteiger partial charge is 0.256 e. The molecule has 3 fully saturated rings. The lowest BCUT2D eigenvalue weighted by Crippen LogP contribution is -2.60. The number of aromatic nitrogens is 4. The number of benzene rings is 2. The summed E-state index contributed by atoms with van der Waals surface area (Å²) >= 11 is 0. The molecule has 2 aromatic carbocycles. The quantitative estimate of drug-likeness (QED) is 0.470. The monoisotopic (exact) mass is 485 g/mol. The van der Waals surface area contributed by atoms with Gasteiger partial charge in [0.1, 0.15) is 24.1 Å². The third kappa shape index (κ3) is 3.41. The van der Waals surface area contributed by atoms with E-state index in [1.807, 2.05) is 53.1 Å². The zero-order valence-corrected chi connectivity index (χ0v) is 19.2. The summed E-state index contributed by atoms with van der Waals surface area (Å²) in [7, 11) is 0. The SMILES string of the molecule is O=C(Nc1ncnc2c1ncn2[C@H]1COC23COC1C2O[C@H](c1ccccc1)OC3)c1ccccc1. The van der Waals surface area contributed by atoms with Crippen molar-refractivity contribution in [3.63, 3.8) is 0 Å². The molecule has 5 atom stereocenters. The van der Waals surface area contributed by atoms with Crippen LogP contribution in [0.3, 0.4) is 0 Å². The summed E-state index contributed by atoms with van der Waals surface area (Å²) in [5.41, 5.74) is 1.92. The van der Waals surface area contributed by atoms with E-state index in [0.29, 0.717) is 42.4 Å². The first kappa shape index (κ1) is 21.6. The summed E-state index contributed by atoms with van der Waals surface area (Å²) in [4.78, 5) is 26.0. The molecule has 3 aliphatic heterocycles. The highest BCUT2D eigenvalue weighted by Crippen LogP contribution is 2.47. The number of carbonyl (C=O) groups excluding carboxylic acids is 1. The second-order valence-electron chi connectivity index (χ2n) is 9.20.